The van der Waals surface area contributed by atoms with Crippen LogP contribution in [0.3, 0.4) is 0 Å². The second-order valence-electron chi connectivity index (χ2n) is 5.81. The van der Waals surface area contributed by atoms with E-state index < -0.39 is 11.7 Å². The molecule has 0 bridgehead atoms. The van der Waals surface area contributed by atoms with Gasteiger partial charge in [0.2, 0.25) is 5.91 Å². The molecule has 22 heavy (non-hydrogen) atoms. The van der Waals surface area contributed by atoms with E-state index in [1.807, 2.05) is 6.92 Å². The van der Waals surface area contributed by atoms with Crippen molar-refractivity contribution in [3.63, 3.8) is 0 Å². The van der Waals surface area contributed by atoms with E-state index in [-0.39, 0.29) is 12.5 Å². The van der Waals surface area contributed by atoms with E-state index >= 15 is 0 Å². The molecule has 6 heteroatoms. The molecule has 1 aromatic carbocycles. The molecular weight excluding hydrogens is 284 g/mol. The molecule has 0 radical (unpaired) electrons. The van der Waals surface area contributed by atoms with Crippen molar-refractivity contribution >= 4 is 23.4 Å². The van der Waals surface area contributed by atoms with Gasteiger partial charge in [-0.2, -0.15) is 0 Å². The molecule has 2 N–H and O–H groups in total. The molecule has 0 atom stereocenters. The number of hydrogen-bond acceptors (Lipinski definition) is 4. The molecule has 0 saturated heterocycles. The minimum atomic E-state index is -0.545. The summed E-state index contributed by atoms with van der Waals surface area (Å²) in [6.45, 7) is 7.97. The van der Waals surface area contributed by atoms with Gasteiger partial charge < -0.3 is 14.8 Å². The van der Waals surface area contributed by atoms with Gasteiger partial charge in [0, 0.05) is 18.0 Å². The van der Waals surface area contributed by atoms with Gasteiger partial charge in [0.05, 0.1) is 0 Å². The van der Waals surface area contributed by atoms with Crippen molar-refractivity contribution in [2.24, 2.45) is 0 Å². The van der Waals surface area contributed by atoms with Gasteiger partial charge in [0.25, 0.3) is 0 Å². The average molecular weight is 308 g/mol. The summed E-state index contributed by atoms with van der Waals surface area (Å²) < 4.78 is 10.3. The maximum Gasteiger partial charge on any atom is 0.412 e. The molecule has 0 saturated carbocycles. The Labute approximate surface area is 131 Å². The van der Waals surface area contributed by atoms with E-state index in [0.717, 1.165) is 6.42 Å². The first kappa shape index (κ1) is 18.0. The van der Waals surface area contributed by atoms with Gasteiger partial charge in [0.1, 0.15) is 12.2 Å². The van der Waals surface area contributed by atoms with E-state index in [0.29, 0.717) is 18.0 Å². The standard InChI is InChI=1S/C16H24N2O4/c1-5-10-21-11-14(19)17-12-6-8-13(9-7-12)18-15(20)22-16(2,3)4/h6-9H,5,10-11H2,1-4H3,(H,17,19)(H,18,20). The summed E-state index contributed by atoms with van der Waals surface area (Å²) in [5.74, 6) is -0.207. The van der Waals surface area contributed by atoms with Crippen molar-refractivity contribution in [1.82, 2.24) is 0 Å². The van der Waals surface area contributed by atoms with Gasteiger partial charge in [-0.05, 0) is 51.5 Å². The van der Waals surface area contributed by atoms with Gasteiger partial charge in [0.15, 0.2) is 0 Å². The molecule has 0 aliphatic rings. The van der Waals surface area contributed by atoms with E-state index in [2.05, 4.69) is 10.6 Å². The van der Waals surface area contributed by atoms with Crippen molar-refractivity contribution < 1.29 is 19.1 Å². The van der Waals surface area contributed by atoms with Crippen molar-refractivity contribution in [2.75, 3.05) is 23.8 Å². The first-order valence-electron chi connectivity index (χ1n) is 7.28. The van der Waals surface area contributed by atoms with Gasteiger partial charge in [-0.1, -0.05) is 6.92 Å². The fourth-order valence-electron chi connectivity index (χ4n) is 1.56. The average Bonchev–Trinajstić information content (AvgIpc) is 2.39. The van der Waals surface area contributed by atoms with Crippen LogP contribution in [0.25, 0.3) is 0 Å². The fraction of sp³-hybridized carbons (Fsp3) is 0.500. The lowest BCUT2D eigenvalue weighted by atomic mass is 10.2. The fourth-order valence-corrected chi connectivity index (χ4v) is 1.56. The minimum absolute atomic E-state index is 0.0335. The van der Waals surface area contributed by atoms with Crippen LogP contribution in [0.5, 0.6) is 0 Å². The number of ether oxygens (including phenoxy) is 2. The highest BCUT2D eigenvalue weighted by molar-refractivity contribution is 5.92. The summed E-state index contributed by atoms with van der Waals surface area (Å²) in [4.78, 5) is 23.2. The lowest BCUT2D eigenvalue weighted by molar-refractivity contribution is -0.120. The third kappa shape index (κ3) is 7.64. The Kier molecular flexibility index (Phi) is 6.85. The zero-order valence-corrected chi connectivity index (χ0v) is 13.6. The Balaban J connectivity index is 2.46. The molecule has 0 heterocycles. The third-order valence-corrected chi connectivity index (χ3v) is 2.40. The van der Waals surface area contributed by atoms with Crippen LogP contribution in [-0.4, -0.2) is 30.8 Å². The Morgan fingerprint density at radius 2 is 1.59 bits per heavy atom. The highest BCUT2D eigenvalue weighted by Crippen LogP contribution is 2.15. The number of anilines is 2. The smallest absolute Gasteiger partial charge is 0.412 e. The highest BCUT2D eigenvalue weighted by Gasteiger charge is 2.16. The monoisotopic (exact) mass is 308 g/mol. The molecule has 0 fully saturated rings. The molecule has 1 rings (SSSR count). The molecule has 2 amide bonds. The van der Waals surface area contributed by atoms with Gasteiger partial charge in [-0.3, -0.25) is 10.1 Å². The van der Waals surface area contributed by atoms with Gasteiger partial charge >= 0.3 is 6.09 Å². The Morgan fingerprint density at radius 3 is 2.09 bits per heavy atom. The van der Waals surface area contributed by atoms with E-state index in [1.54, 1.807) is 45.0 Å². The van der Waals surface area contributed by atoms with E-state index in [4.69, 9.17) is 9.47 Å². The lowest BCUT2D eigenvalue weighted by Crippen LogP contribution is -2.27. The van der Waals surface area contributed by atoms with Crippen LogP contribution in [-0.2, 0) is 14.3 Å². The Morgan fingerprint density at radius 1 is 1.05 bits per heavy atom. The van der Waals surface area contributed by atoms with Crippen LogP contribution < -0.4 is 10.6 Å². The number of rotatable bonds is 6. The second kappa shape index (κ2) is 8.38. The van der Waals surface area contributed by atoms with Crippen LogP contribution in [0.15, 0.2) is 24.3 Å². The molecule has 6 nitrogen and oxygen atoms in total. The number of carbonyl (C=O) groups is 2. The SMILES string of the molecule is CCCOCC(=O)Nc1ccc(NC(=O)OC(C)(C)C)cc1. The Hall–Kier alpha value is -2.08. The maximum absolute atomic E-state index is 11.6. The zero-order chi connectivity index (χ0) is 16.6. The normalized spacial score (nSPS) is 10.9. The first-order valence-corrected chi connectivity index (χ1v) is 7.28. The molecule has 0 aliphatic carbocycles. The first-order chi connectivity index (χ1) is 10.3. The van der Waals surface area contributed by atoms with Crippen molar-refractivity contribution in [3.05, 3.63) is 24.3 Å². The molecule has 0 unspecified atom stereocenters. The number of benzene rings is 1. The minimum Gasteiger partial charge on any atom is -0.444 e. The summed E-state index contributed by atoms with van der Waals surface area (Å²) in [5, 5.41) is 5.33. The lowest BCUT2D eigenvalue weighted by Gasteiger charge is -2.19. The Bertz CT molecular complexity index is 492. The number of carbonyl (C=O) groups excluding carboxylic acids is 2. The molecule has 0 aliphatic heterocycles. The topological polar surface area (TPSA) is 76.7 Å². The summed E-state index contributed by atoms with van der Waals surface area (Å²) in [5.41, 5.74) is 0.686. The predicted molar refractivity (Wildman–Crippen MR) is 86.0 cm³/mol. The molecule has 0 spiro atoms. The second-order valence-corrected chi connectivity index (χ2v) is 5.81. The predicted octanol–water partition coefficient (Wildman–Crippen LogP) is 3.40. The highest BCUT2D eigenvalue weighted by atomic mass is 16.6. The molecule has 0 aromatic heterocycles. The van der Waals surface area contributed by atoms with Gasteiger partial charge in [-0.25, -0.2) is 4.79 Å². The van der Waals surface area contributed by atoms with E-state index in [1.165, 1.54) is 0 Å². The summed E-state index contributed by atoms with van der Waals surface area (Å²) in [7, 11) is 0. The third-order valence-electron chi connectivity index (χ3n) is 2.40. The molecule has 122 valence electrons. The maximum atomic E-state index is 11.6. The largest absolute Gasteiger partial charge is 0.444 e. The van der Waals surface area contributed by atoms with Crippen LogP contribution in [0.4, 0.5) is 16.2 Å². The number of hydrogen-bond donors (Lipinski definition) is 2. The van der Waals surface area contributed by atoms with Crippen LogP contribution in [0.2, 0.25) is 0 Å². The van der Waals surface area contributed by atoms with Crippen molar-refractivity contribution in [1.29, 1.82) is 0 Å². The van der Waals surface area contributed by atoms with Crippen molar-refractivity contribution in [3.8, 4) is 0 Å². The summed E-state index contributed by atoms with van der Waals surface area (Å²) in [6.07, 6.45) is 0.357. The van der Waals surface area contributed by atoms with Crippen molar-refractivity contribution in [2.45, 2.75) is 39.7 Å². The van der Waals surface area contributed by atoms with E-state index in [9.17, 15) is 9.59 Å². The number of amides is 2. The van der Waals surface area contributed by atoms with Crippen LogP contribution in [0, 0.1) is 0 Å². The van der Waals surface area contributed by atoms with Crippen LogP contribution >= 0.6 is 0 Å². The quantitative estimate of drug-likeness (QED) is 0.790. The summed E-state index contributed by atoms with van der Waals surface area (Å²) >= 11 is 0. The van der Waals surface area contributed by atoms with Crippen LogP contribution in [0.1, 0.15) is 34.1 Å². The number of nitrogens with one attached hydrogen (secondary N) is 2. The molecule has 1 aromatic rings. The van der Waals surface area contributed by atoms with Gasteiger partial charge in [-0.15, -0.1) is 0 Å². The molecular formula is C16H24N2O4. The zero-order valence-electron chi connectivity index (χ0n) is 13.6. The summed E-state index contributed by atoms with van der Waals surface area (Å²) in [6, 6.07) is 6.77.